The molecule has 0 radical (unpaired) electrons. The summed E-state index contributed by atoms with van der Waals surface area (Å²) < 4.78 is 0. The molecule has 1 rings (SSSR count). The van der Waals surface area contributed by atoms with Gasteiger partial charge in [-0.3, -0.25) is 0 Å². The molecule has 74 valence electrons. The van der Waals surface area contributed by atoms with E-state index in [0.717, 1.165) is 6.42 Å². The second-order valence-corrected chi connectivity index (χ2v) is 3.50. The third kappa shape index (κ3) is 2.95. The van der Waals surface area contributed by atoms with E-state index in [1.54, 1.807) is 0 Å². The first-order valence-electron chi connectivity index (χ1n) is 4.71. The summed E-state index contributed by atoms with van der Waals surface area (Å²) in [5.74, 6) is 0. The number of allylic oxidation sites excluding steroid dienone is 1. The molecule has 0 amide bonds. The van der Waals surface area contributed by atoms with Gasteiger partial charge in [-0.05, 0) is 32.4 Å². The Morgan fingerprint density at radius 3 is 2.62 bits per heavy atom. The molecular formula is C10H18N2O. The van der Waals surface area contributed by atoms with Crippen molar-refractivity contribution in [2.75, 3.05) is 13.1 Å². The highest BCUT2D eigenvalue weighted by molar-refractivity contribution is 5.27. The van der Waals surface area contributed by atoms with Crippen LogP contribution in [-0.2, 0) is 0 Å². The van der Waals surface area contributed by atoms with E-state index in [0.29, 0.717) is 25.9 Å². The van der Waals surface area contributed by atoms with Crippen LogP contribution in [0.4, 0.5) is 0 Å². The van der Waals surface area contributed by atoms with E-state index in [-0.39, 0.29) is 0 Å². The largest absolute Gasteiger partial charge is 0.385 e. The minimum Gasteiger partial charge on any atom is -0.385 e. The Morgan fingerprint density at radius 1 is 1.38 bits per heavy atom. The first-order valence-corrected chi connectivity index (χ1v) is 4.71. The van der Waals surface area contributed by atoms with E-state index in [4.69, 9.17) is 11.5 Å². The number of nitrogens with two attached hydrogens (primary N) is 2. The lowest BCUT2D eigenvalue weighted by Gasteiger charge is -2.25. The van der Waals surface area contributed by atoms with Gasteiger partial charge in [-0.15, -0.1) is 0 Å². The molecular weight excluding hydrogens is 164 g/mol. The molecule has 0 saturated heterocycles. The third-order valence-electron chi connectivity index (χ3n) is 2.34. The molecule has 0 saturated carbocycles. The summed E-state index contributed by atoms with van der Waals surface area (Å²) in [6.45, 7) is 1.17. The summed E-state index contributed by atoms with van der Waals surface area (Å²) in [5, 5.41) is 9.91. The van der Waals surface area contributed by atoms with Gasteiger partial charge in [-0.1, -0.05) is 23.8 Å². The molecule has 13 heavy (non-hydrogen) atoms. The van der Waals surface area contributed by atoms with Crippen LogP contribution in [0.2, 0.25) is 0 Å². The summed E-state index contributed by atoms with van der Waals surface area (Å²) in [7, 11) is 0. The first-order chi connectivity index (χ1) is 6.20. The predicted molar refractivity (Wildman–Crippen MR) is 54.1 cm³/mol. The number of rotatable bonds is 4. The number of aliphatic hydroxyl groups is 1. The Hall–Kier alpha value is -0.640. The van der Waals surface area contributed by atoms with E-state index < -0.39 is 5.60 Å². The van der Waals surface area contributed by atoms with Crippen molar-refractivity contribution in [2.24, 2.45) is 11.5 Å². The van der Waals surface area contributed by atoms with Crippen molar-refractivity contribution in [1.82, 2.24) is 0 Å². The highest BCUT2D eigenvalue weighted by atomic mass is 16.3. The van der Waals surface area contributed by atoms with Gasteiger partial charge in [0.05, 0.1) is 5.60 Å². The van der Waals surface area contributed by atoms with E-state index in [1.165, 1.54) is 5.57 Å². The van der Waals surface area contributed by atoms with Crippen LogP contribution >= 0.6 is 0 Å². The van der Waals surface area contributed by atoms with E-state index in [2.05, 4.69) is 0 Å². The van der Waals surface area contributed by atoms with Gasteiger partial charge in [0.1, 0.15) is 0 Å². The molecule has 1 unspecified atom stereocenters. The molecule has 0 aromatic rings. The van der Waals surface area contributed by atoms with Crippen molar-refractivity contribution in [2.45, 2.75) is 24.9 Å². The lowest BCUT2D eigenvalue weighted by atomic mass is 9.88. The van der Waals surface area contributed by atoms with Crippen molar-refractivity contribution in [3.63, 3.8) is 0 Å². The maximum Gasteiger partial charge on any atom is 0.0877 e. The van der Waals surface area contributed by atoms with Crippen LogP contribution < -0.4 is 11.5 Å². The smallest absolute Gasteiger partial charge is 0.0877 e. The Kier molecular flexibility index (Phi) is 3.66. The van der Waals surface area contributed by atoms with Crippen LogP contribution in [0, 0.1) is 0 Å². The van der Waals surface area contributed by atoms with E-state index >= 15 is 0 Å². The zero-order valence-electron chi connectivity index (χ0n) is 7.87. The van der Waals surface area contributed by atoms with Gasteiger partial charge in [0.25, 0.3) is 0 Å². The van der Waals surface area contributed by atoms with Gasteiger partial charge in [0.15, 0.2) is 0 Å². The van der Waals surface area contributed by atoms with Crippen LogP contribution in [-0.4, -0.2) is 23.8 Å². The fraction of sp³-hybridized carbons (Fsp3) is 0.600. The molecule has 1 aliphatic rings. The number of hydrogen-bond acceptors (Lipinski definition) is 3. The molecule has 1 atom stereocenters. The molecule has 0 aliphatic heterocycles. The second kappa shape index (κ2) is 4.56. The van der Waals surface area contributed by atoms with Gasteiger partial charge >= 0.3 is 0 Å². The predicted octanol–water partition coefficient (Wildman–Crippen LogP) is 0.301. The van der Waals surface area contributed by atoms with Crippen LogP contribution in [0.15, 0.2) is 23.8 Å². The Balaban J connectivity index is 2.51. The van der Waals surface area contributed by atoms with Crippen molar-refractivity contribution in [3.8, 4) is 0 Å². The molecule has 0 fully saturated rings. The quantitative estimate of drug-likeness (QED) is 0.585. The Labute approximate surface area is 79.1 Å². The Bertz CT molecular complexity index is 223. The average Bonchev–Trinajstić information content (AvgIpc) is 2.10. The molecule has 3 nitrogen and oxygen atoms in total. The third-order valence-corrected chi connectivity index (χ3v) is 2.34. The zero-order valence-corrected chi connectivity index (χ0v) is 7.87. The van der Waals surface area contributed by atoms with Crippen LogP contribution in [0.3, 0.4) is 0 Å². The average molecular weight is 182 g/mol. The molecule has 0 aromatic carbocycles. The topological polar surface area (TPSA) is 72.3 Å². The lowest BCUT2D eigenvalue weighted by molar-refractivity contribution is 0.0856. The van der Waals surface area contributed by atoms with Gasteiger partial charge in [-0.2, -0.15) is 0 Å². The minimum absolute atomic E-state index is 0.515. The minimum atomic E-state index is -0.715. The Morgan fingerprint density at radius 2 is 2.15 bits per heavy atom. The SMILES string of the molecule is NCCC1=CCC(O)(CCN)C=C1. The molecule has 3 heteroatoms. The van der Waals surface area contributed by atoms with Gasteiger partial charge < -0.3 is 16.6 Å². The summed E-state index contributed by atoms with van der Waals surface area (Å²) in [4.78, 5) is 0. The first kappa shape index (κ1) is 10.4. The van der Waals surface area contributed by atoms with Crippen molar-refractivity contribution in [3.05, 3.63) is 23.8 Å². The summed E-state index contributed by atoms with van der Waals surface area (Å²) >= 11 is 0. The molecule has 0 bridgehead atoms. The normalized spacial score (nSPS) is 27.5. The maximum absolute atomic E-state index is 9.91. The summed E-state index contributed by atoms with van der Waals surface area (Å²) in [6, 6.07) is 0. The highest BCUT2D eigenvalue weighted by Gasteiger charge is 2.23. The van der Waals surface area contributed by atoms with E-state index in [9.17, 15) is 5.11 Å². The molecule has 0 heterocycles. The van der Waals surface area contributed by atoms with Crippen LogP contribution in [0.25, 0.3) is 0 Å². The fourth-order valence-corrected chi connectivity index (χ4v) is 1.49. The molecule has 0 spiro atoms. The van der Waals surface area contributed by atoms with Gasteiger partial charge in [0.2, 0.25) is 0 Å². The fourth-order valence-electron chi connectivity index (χ4n) is 1.49. The molecule has 0 aromatic heterocycles. The van der Waals surface area contributed by atoms with Crippen molar-refractivity contribution >= 4 is 0 Å². The summed E-state index contributed by atoms with van der Waals surface area (Å²) in [5.41, 5.74) is 11.3. The standard InChI is InChI=1S/C10H18N2O/c11-7-3-9-1-4-10(13,5-2-9)6-8-12/h1-2,4,13H,3,5-8,11-12H2. The van der Waals surface area contributed by atoms with Gasteiger partial charge in [-0.25, -0.2) is 0 Å². The second-order valence-electron chi connectivity index (χ2n) is 3.50. The highest BCUT2D eigenvalue weighted by Crippen LogP contribution is 2.24. The van der Waals surface area contributed by atoms with Crippen molar-refractivity contribution < 1.29 is 5.11 Å². The monoisotopic (exact) mass is 182 g/mol. The van der Waals surface area contributed by atoms with Gasteiger partial charge in [0, 0.05) is 0 Å². The van der Waals surface area contributed by atoms with E-state index in [1.807, 2.05) is 18.2 Å². The maximum atomic E-state index is 9.91. The number of hydrogen-bond donors (Lipinski definition) is 3. The lowest BCUT2D eigenvalue weighted by Crippen LogP contribution is -2.30. The zero-order chi connectivity index (χ0) is 9.73. The molecule has 1 aliphatic carbocycles. The van der Waals surface area contributed by atoms with Crippen LogP contribution in [0.1, 0.15) is 19.3 Å². The molecule has 5 N–H and O–H groups in total. The summed E-state index contributed by atoms with van der Waals surface area (Å²) in [6.07, 6.45) is 8.00. The van der Waals surface area contributed by atoms with Crippen molar-refractivity contribution in [1.29, 1.82) is 0 Å². The van der Waals surface area contributed by atoms with Crippen LogP contribution in [0.5, 0.6) is 0 Å².